The molecule has 1 aromatic carbocycles. The highest BCUT2D eigenvalue weighted by Gasteiger charge is 2.54. The average Bonchev–Trinajstić information content (AvgIpc) is 3.03. The summed E-state index contributed by atoms with van der Waals surface area (Å²) in [5.74, 6) is -0.791. The number of hydrogen-bond donors (Lipinski definition) is 2. The maximum absolute atomic E-state index is 10.7. The standard InChI is InChI=1S/C18H25NO3/c1-2-18(12-20)10-15-7-8-16(18)19(15)11-14-5-3-13(4-6-14)9-17(21)22/h3-6,15-16,20H,2,7-12H2,1H3,(H,21,22)/t15-,16+,18-/m1/s1. The van der Waals surface area contributed by atoms with Gasteiger partial charge in [-0.1, -0.05) is 31.2 Å². The number of benzene rings is 1. The summed E-state index contributed by atoms with van der Waals surface area (Å²) in [5, 5.41) is 18.7. The van der Waals surface area contributed by atoms with E-state index in [9.17, 15) is 9.90 Å². The SMILES string of the molecule is CC[C@]1(CO)C[C@H]2CC[C@@H]1N2Cc1ccc(CC(=O)O)cc1. The van der Waals surface area contributed by atoms with Gasteiger partial charge in [0.05, 0.1) is 13.0 Å². The molecule has 2 aliphatic rings. The number of aliphatic hydroxyl groups excluding tert-OH is 1. The molecule has 22 heavy (non-hydrogen) atoms. The Bertz CT molecular complexity index is 536. The molecule has 2 saturated heterocycles. The Balaban J connectivity index is 1.70. The molecular weight excluding hydrogens is 278 g/mol. The molecule has 2 aliphatic heterocycles. The number of carboxylic acids is 1. The van der Waals surface area contributed by atoms with Gasteiger partial charge in [-0.2, -0.15) is 0 Å². The van der Waals surface area contributed by atoms with E-state index in [1.54, 1.807) is 0 Å². The van der Waals surface area contributed by atoms with Crippen molar-refractivity contribution in [2.24, 2.45) is 5.41 Å². The summed E-state index contributed by atoms with van der Waals surface area (Å²) < 4.78 is 0. The number of carbonyl (C=O) groups is 1. The molecule has 0 unspecified atom stereocenters. The van der Waals surface area contributed by atoms with Crippen LogP contribution in [0, 0.1) is 5.41 Å². The lowest BCUT2D eigenvalue weighted by Gasteiger charge is -2.35. The number of carboxylic acid groups (broad SMARTS) is 1. The molecule has 1 aromatic rings. The van der Waals surface area contributed by atoms with Gasteiger partial charge in [0.1, 0.15) is 0 Å². The first-order chi connectivity index (χ1) is 10.6. The van der Waals surface area contributed by atoms with Crippen molar-refractivity contribution in [1.82, 2.24) is 4.90 Å². The second kappa shape index (κ2) is 6.01. The predicted octanol–water partition coefficient (Wildman–Crippen LogP) is 2.44. The molecule has 0 aliphatic carbocycles. The van der Waals surface area contributed by atoms with E-state index in [1.165, 1.54) is 18.4 Å². The minimum Gasteiger partial charge on any atom is -0.481 e. The van der Waals surface area contributed by atoms with Crippen LogP contribution in [0.1, 0.15) is 43.7 Å². The van der Waals surface area contributed by atoms with Crippen LogP contribution in [0.25, 0.3) is 0 Å². The normalized spacial score (nSPS) is 30.8. The topological polar surface area (TPSA) is 60.8 Å². The summed E-state index contributed by atoms with van der Waals surface area (Å²) >= 11 is 0. The van der Waals surface area contributed by atoms with Crippen molar-refractivity contribution in [3.63, 3.8) is 0 Å². The van der Waals surface area contributed by atoms with Crippen LogP contribution in [0.5, 0.6) is 0 Å². The van der Waals surface area contributed by atoms with Crippen molar-refractivity contribution < 1.29 is 15.0 Å². The Kier molecular flexibility index (Phi) is 4.24. The Hall–Kier alpha value is -1.39. The van der Waals surface area contributed by atoms with Gasteiger partial charge >= 0.3 is 5.97 Å². The summed E-state index contributed by atoms with van der Waals surface area (Å²) in [5.41, 5.74) is 2.17. The van der Waals surface area contributed by atoms with E-state index < -0.39 is 5.97 Å². The van der Waals surface area contributed by atoms with E-state index in [1.807, 2.05) is 24.3 Å². The van der Waals surface area contributed by atoms with Crippen LogP contribution in [0.4, 0.5) is 0 Å². The molecule has 120 valence electrons. The van der Waals surface area contributed by atoms with E-state index in [0.717, 1.165) is 24.9 Å². The van der Waals surface area contributed by atoms with Crippen LogP contribution in [-0.2, 0) is 17.8 Å². The maximum Gasteiger partial charge on any atom is 0.307 e. The zero-order valence-corrected chi connectivity index (χ0v) is 13.2. The lowest BCUT2D eigenvalue weighted by molar-refractivity contribution is -0.136. The second-order valence-electron chi connectivity index (χ2n) is 6.88. The average molecular weight is 303 g/mol. The van der Waals surface area contributed by atoms with Crippen molar-refractivity contribution in [1.29, 1.82) is 0 Å². The number of aliphatic hydroxyl groups is 1. The molecule has 3 rings (SSSR count). The van der Waals surface area contributed by atoms with Gasteiger partial charge < -0.3 is 10.2 Å². The lowest BCUT2D eigenvalue weighted by atomic mass is 9.72. The molecule has 0 spiro atoms. The van der Waals surface area contributed by atoms with Gasteiger partial charge in [-0.25, -0.2) is 0 Å². The molecule has 0 amide bonds. The molecule has 0 aromatic heterocycles. The molecule has 4 heteroatoms. The van der Waals surface area contributed by atoms with Crippen LogP contribution in [0.3, 0.4) is 0 Å². The van der Waals surface area contributed by atoms with Crippen molar-refractivity contribution in [3.8, 4) is 0 Å². The van der Waals surface area contributed by atoms with E-state index in [0.29, 0.717) is 18.7 Å². The molecule has 0 radical (unpaired) electrons. The highest BCUT2D eigenvalue weighted by molar-refractivity contribution is 5.70. The Morgan fingerprint density at radius 1 is 1.27 bits per heavy atom. The summed E-state index contributed by atoms with van der Waals surface area (Å²) in [4.78, 5) is 13.3. The van der Waals surface area contributed by atoms with E-state index in [-0.39, 0.29) is 11.8 Å². The van der Waals surface area contributed by atoms with E-state index in [2.05, 4.69) is 11.8 Å². The Morgan fingerprint density at radius 2 is 1.95 bits per heavy atom. The maximum atomic E-state index is 10.7. The number of fused-ring (bicyclic) bond motifs is 2. The fourth-order valence-corrected chi connectivity index (χ4v) is 4.47. The van der Waals surface area contributed by atoms with Gasteiger partial charge in [0.2, 0.25) is 0 Å². The summed E-state index contributed by atoms with van der Waals surface area (Å²) in [7, 11) is 0. The first-order valence-corrected chi connectivity index (χ1v) is 8.24. The monoisotopic (exact) mass is 303 g/mol. The molecule has 2 bridgehead atoms. The number of nitrogens with zero attached hydrogens (tertiary/aromatic N) is 1. The summed E-state index contributed by atoms with van der Waals surface area (Å²) in [6.45, 7) is 3.39. The van der Waals surface area contributed by atoms with Gasteiger partial charge in [-0.15, -0.1) is 0 Å². The highest BCUT2D eigenvalue weighted by atomic mass is 16.4. The van der Waals surface area contributed by atoms with Crippen molar-refractivity contribution >= 4 is 5.97 Å². The second-order valence-corrected chi connectivity index (χ2v) is 6.88. The highest BCUT2D eigenvalue weighted by Crippen LogP contribution is 2.51. The smallest absolute Gasteiger partial charge is 0.307 e. The lowest BCUT2D eigenvalue weighted by Crippen LogP contribution is -2.39. The fraction of sp³-hybridized carbons (Fsp3) is 0.611. The van der Waals surface area contributed by atoms with Gasteiger partial charge in [-0.05, 0) is 36.8 Å². The summed E-state index contributed by atoms with van der Waals surface area (Å²) in [6, 6.07) is 9.01. The van der Waals surface area contributed by atoms with Crippen molar-refractivity contribution in [3.05, 3.63) is 35.4 Å². The Morgan fingerprint density at radius 3 is 2.50 bits per heavy atom. The van der Waals surface area contributed by atoms with Crippen LogP contribution in [0.15, 0.2) is 24.3 Å². The zero-order chi connectivity index (χ0) is 15.7. The minimum atomic E-state index is -0.791. The van der Waals surface area contributed by atoms with Gasteiger partial charge in [0.15, 0.2) is 0 Å². The molecule has 2 heterocycles. The predicted molar refractivity (Wildman–Crippen MR) is 84.6 cm³/mol. The third-order valence-electron chi connectivity index (χ3n) is 5.75. The molecule has 4 nitrogen and oxygen atoms in total. The van der Waals surface area contributed by atoms with Crippen LogP contribution < -0.4 is 0 Å². The molecule has 3 atom stereocenters. The largest absolute Gasteiger partial charge is 0.481 e. The third-order valence-corrected chi connectivity index (χ3v) is 5.75. The van der Waals surface area contributed by atoms with Crippen LogP contribution >= 0.6 is 0 Å². The Labute approximate surface area is 131 Å². The quantitative estimate of drug-likeness (QED) is 0.847. The number of rotatable bonds is 6. The third kappa shape index (κ3) is 2.66. The van der Waals surface area contributed by atoms with Crippen molar-refractivity contribution in [2.45, 2.75) is 57.7 Å². The first-order valence-electron chi connectivity index (χ1n) is 8.24. The van der Waals surface area contributed by atoms with Crippen molar-refractivity contribution in [2.75, 3.05) is 6.61 Å². The number of aliphatic carboxylic acids is 1. The van der Waals surface area contributed by atoms with Crippen LogP contribution in [-0.4, -0.2) is 39.8 Å². The van der Waals surface area contributed by atoms with E-state index >= 15 is 0 Å². The number of hydrogen-bond acceptors (Lipinski definition) is 3. The molecule has 2 fully saturated rings. The van der Waals surface area contributed by atoms with Gasteiger partial charge in [-0.3, -0.25) is 9.69 Å². The zero-order valence-electron chi connectivity index (χ0n) is 13.2. The van der Waals surface area contributed by atoms with Crippen LogP contribution in [0.2, 0.25) is 0 Å². The molecule has 0 saturated carbocycles. The minimum absolute atomic E-state index is 0.0820. The molecular formula is C18H25NO3. The summed E-state index contributed by atoms with van der Waals surface area (Å²) in [6.07, 6.45) is 4.67. The fourth-order valence-electron chi connectivity index (χ4n) is 4.47. The van der Waals surface area contributed by atoms with Gasteiger partial charge in [0.25, 0.3) is 0 Å². The van der Waals surface area contributed by atoms with Gasteiger partial charge in [0, 0.05) is 24.0 Å². The molecule has 2 N–H and O–H groups in total. The first kappa shape index (κ1) is 15.5. The van der Waals surface area contributed by atoms with E-state index in [4.69, 9.17) is 5.11 Å².